The number of hydrogen-bond acceptors (Lipinski definition) is 2. The number of carbonyl (C=O) groups excluding carboxylic acids is 1. The molecule has 0 spiro atoms. The number of rotatable bonds is 3. The van der Waals surface area contributed by atoms with E-state index in [4.69, 9.17) is 5.11 Å². The van der Waals surface area contributed by atoms with Crippen LogP contribution < -0.4 is 5.32 Å². The van der Waals surface area contributed by atoms with Gasteiger partial charge in [0, 0.05) is 19.6 Å². The first-order valence-electron chi connectivity index (χ1n) is 5.01. The first-order chi connectivity index (χ1) is 7.29. The summed E-state index contributed by atoms with van der Waals surface area (Å²) in [6, 6.07) is 7.64. The van der Waals surface area contributed by atoms with Gasteiger partial charge in [0.05, 0.1) is 6.61 Å². The molecule has 0 aliphatic carbocycles. The number of carbonyl (C=O) groups is 1. The van der Waals surface area contributed by atoms with Crippen molar-refractivity contribution >= 4 is 6.03 Å². The molecule has 1 saturated heterocycles. The molecule has 0 saturated carbocycles. The van der Waals surface area contributed by atoms with Gasteiger partial charge in [0.1, 0.15) is 0 Å². The van der Waals surface area contributed by atoms with Crippen molar-refractivity contribution < 1.29 is 9.90 Å². The van der Waals surface area contributed by atoms with Crippen molar-refractivity contribution in [3.05, 3.63) is 35.4 Å². The number of nitrogens with zero attached hydrogens (tertiary/aromatic N) is 1. The molecule has 2 N–H and O–H groups in total. The largest absolute Gasteiger partial charge is 0.392 e. The third-order valence-electron chi connectivity index (χ3n) is 2.49. The van der Waals surface area contributed by atoms with E-state index in [9.17, 15) is 4.79 Å². The van der Waals surface area contributed by atoms with Crippen LogP contribution >= 0.6 is 0 Å². The van der Waals surface area contributed by atoms with Gasteiger partial charge >= 0.3 is 6.03 Å². The van der Waals surface area contributed by atoms with E-state index in [1.54, 1.807) is 4.90 Å². The second kappa shape index (κ2) is 4.31. The lowest BCUT2D eigenvalue weighted by atomic mass is 10.1. The molecule has 2 amide bonds. The lowest BCUT2D eigenvalue weighted by molar-refractivity contribution is 0.215. The van der Waals surface area contributed by atoms with Gasteiger partial charge in [0.2, 0.25) is 0 Å². The summed E-state index contributed by atoms with van der Waals surface area (Å²) >= 11 is 0. The van der Waals surface area contributed by atoms with Crippen LogP contribution in [0.3, 0.4) is 0 Å². The quantitative estimate of drug-likeness (QED) is 0.765. The van der Waals surface area contributed by atoms with Crippen LogP contribution in [0.25, 0.3) is 0 Å². The van der Waals surface area contributed by atoms with Crippen LogP contribution in [-0.4, -0.2) is 29.1 Å². The van der Waals surface area contributed by atoms with Crippen molar-refractivity contribution in [1.82, 2.24) is 10.2 Å². The maximum atomic E-state index is 11.3. The Bertz CT molecular complexity index is 365. The van der Waals surface area contributed by atoms with Crippen LogP contribution in [0.4, 0.5) is 4.79 Å². The second-order valence-electron chi connectivity index (χ2n) is 3.63. The highest BCUT2D eigenvalue weighted by atomic mass is 16.3. The number of aliphatic hydroxyl groups excluding tert-OH is 1. The van der Waals surface area contributed by atoms with Crippen molar-refractivity contribution in [2.45, 2.75) is 13.2 Å². The SMILES string of the molecule is O=C1NCCN1Cc1cccc(CO)c1. The molecule has 1 aliphatic rings. The zero-order chi connectivity index (χ0) is 10.7. The molecule has 1 fully saturated rings. The first-order valence-corrected chi connectivity index (χ1v) is 5.01. The van der Waals surface area contributed by atoms with Crippen LogP contribution in [0.1, 0.15) is 11.1 Å². The van der Waals surface area contributed by atoms with Crippen LogP contribution in [0.5, 0.6) is 0 Å². The Morgan fingerprint density at radius 2 is 2.20 bits per heavy atom. The molecule has 0 aromatic heterocycles. The zero-order valence-electron chi connectivity index (χ0n) is 8.44. The molecule has 0 unspecified atom stereocenters. The Morgan fingerprint density at radius 3 is 2.87 bits per heavy atom. The maximum absolute atomic E-state index is 11.3. The molecule has 2 rings (SSSR count). The van der Waals surface area contributed by atoms with E-state index < -0.39 is 0 Å². The normalized spacial score (nSPS) is 15.5. The predicted molar refractivity (Wildman–Crippen MR) is 56.2 cm³/mol. The highest BCUT2D eigenvalue weighted by molar-refractivity contribution is 5.76. The van der Waals surface area contributed by atoms with Gasteiger partial charge < -0.3 is 15.3 Å². The van der Waals surface area contributed by atoms with E-state index in [2.05, 4.69) is 5.32 Å². The molecule has 0 bridgehead atoms. The lowest BCUT2D eigenvalue weighted by Crippen LogP contribution is -2.27. The van der Waals surface area contributed by atoms with E-state index in [1.165, 1.54) is 0 Å². The summed E-state index contributed by atoms with van der Waals surface area (Å²) in [6.45, 7) is 2.13. The molecule has 1 aliphatic heterocycles. The molecule has 15 heavy (non-hydrogen) atoms. The minimum atomic E-state index is -0.00981. The van der Waals surface area contributed by atoms with E-state index >= 15 is 0 Å². The predicted octanol–water partition coefficient (Wildman–Crippen LogP) is 0.704. The smallest absolute Gasteiger partial charge is 0.317 e. The summed E-state index contributed by atoms with van der Waals surface area (Å²) < 4.78 is 0. The summed E-state index contributed by atoms with van der Waals surface area (Å²) in [5, 5.41) is 11.7. The highest BCUT2D eigenvalue weighted by Crippen LogP contribution is 2.10. The topological polar surface area (TPSA) is 52.6 Å². The van der Waals surface area contributed by atoms with Gasteiger partial charge in [0.25, 0.3) is 0 Å². The molecule has 0 radical (unpaired) electrons. The molecule has 4 heteroatoms. The summed E-state index contributed by atoms with van der Waals surface area (Å²) in [4.78, 5) is 13.1. The standard InChI is InChI=1S/C11H14N2O2/c14-8-10-3-1-2-9(6-10)7-13-5-4-12-11(13)15/h1-3,6,14H,4-5,7-8H2,(H,12,15). The summed E-state index contributed by atoms with van der Waals surface area (Å²) in [7, 11) is 0. The van der Waals surface area contributed by atoms with Gasteiger partial charge in [-0.2, -0.15) is 0 Å². The average molecular weight is 206 g/mol. The first kappa shape index (κ1) is 9.98. The fourth-order valence-electron chi connectivity index (χ4n) is 1.71. The second-order valence-corrected chi connectivity index (χ2v) is 3.63. The van der Waals surface area contributed by atoms with Crippen molar-refractivity contribution in [2.75, 3.05) is 13.1 Å². The van der Waals surface area contributed by atoms with Gasteiger partial charge in [-0.25, -0.2) is 4.79 Å². The Balaban J connectivity index is 2.06. The van der Waals surface area contributed by atoms with E-state index in [-0.39, 0.29) is 12.6 Å². The van der Waals surface area contributed by atoms with Gasteiger partial charge in [0.15, 0.2) is 0 Å². The number of nitrogens with one attached hydrogen (secondary N) is 1. The molecule has 0 atom stereocenters. The molecule has 1 aromatic rings. The number of amides is 2. The van der Waals surface area contributed by atoms with E-state index in [1.807, 2.05) is 24.3 Å². The molecular weight excluding hydrogens is 192 g/mol. The van der Waals surface area contributed by atoms with Gasteiger partial charge in [-0.15, -0.1) is 0 Å². The van der Waals surface area contributed by atoms with Crippen molar-refractivity contribution in [3.8, 4) is 0 Å². The summed E-state index contributed by atoms with van der Waals surface area (Å²) in [6.07, 6.45) is 0. The summed E-state index contributed by atoms with van der Waals surface area (Å²) in [5.41, 5.74) is 1.94. The third-order valence-corrected chi connectivity index (χ3v) is 2.49. The Morgan fingerprint density at radius 1 is 1.40 bits per heavy atom. The van der Waals surface area contributed by atoms with Crippen molar-refractivity contribution in [1.29, 1.82) is 0 Å². The van der Waals surface area contributed by atoms with Crippen LogP contribution in [0.2, 0.25) is 0 Å². The van der Waals surface area contributed by atoms with Crippen LogP contribution in [0, 0.1) is 0 Å². The minimum Gasteiger partial charge on any atom is -0.392 e. The zero-order valence-corrected chi connectivity index (χ0v) is 8.44. The molecule has 80 valence electrons. The molecule has 4 nitrogen and oxygen atoms in total. The van der Waals surface area contributed by atoms with E-state index in [0.717, 1.165) is 24.2 Å². The number of benzene rings is 1. The van der Waals surface area contributed by atoms with Crippen molar-refractivity contribution in [3.63, 3.8) is 0 Å². The Kier molecular flexibility index (Phi) is 2.87. The van der Waals surface area contributed by atoms with Gasteiger partial charge in [-0.3, -0.25) is 0 Å². The van der Waals surface area contributed by atoms with Gasteiger partial charge in [-0.05, 0) is 11.1 Å². The minimum absolute atomic E-state index is 0.00981. The van der Waals surface area contributed by atoms with Gasteiger partial charge in [-0.1, -0.05) is 24.3 Å². The number of hydrogen-bond donors (Lipinski definition) is 2. The number of urea groups is 1. The Labute approximate surface area is 88.5 Å². The molecule has 1 aromatic carbocycles. The Hall–Kier alpha value is -1.55. The molecular formula is C11H14N2O2. The number of aliphatic hydroxyl groups is 1. The fourth-order valence-corrected chi connectivity index (χ4v) is 1.71. The molecule has 1 heterocycles. The van der Waals surface area contributed by atoms with Crippen molar-refractivity contribution in [2.24, 2.45) is 0 Å². The highest BCUT2D eigenvalue weighted by Gasteiger charge is 2.18. The van der Waals surface area contributed by atoms with E-state index in [0.29, 0.717) is 6.54 Å². The monoisotopic (exact) mass is 206 g/mol. The van der Waals surface area contributed by atoms with Crippen LogP contribution in [0.15, 0.2) is 24.3 Å². The fraction of sp³-hybridized carbons (Fsp3) is 0.364. The lowest BCUT2D eigenvalue weighted by Gasteiger charge is -2.14. The summed E-state index contributed by atoms with van der Waals surface area (Å²) in [5.74, 6) is 0. The third kappa shape index (κ3) is 2.27. The average Bonchev–Trinajstić information content (AvgIpc) is 2.65. The maximum Gasteiger partial charge on any atom is 0.317 e. The van der Waals surface area contributed by atoms with Crippen LogP contribution in [-0.2, 0) is 13.2 Å².